The number of halogens is 1. The van der Waals surface area contributed by atoms with Crippen molar-refractivity contribution in [1.29, 1.82) is 5.26 Å². The number of anilines is 1. The molecule has 26 heavy (non-hydrogen) atoms. The van der Waals surface area contributed by atoms with E-state index in [1.165, 1.54) is 0 Å². The van der Waals surface area contributed by atoms with Crippen molar-refractivity contribution in [3.63, 3.8) is 0 Å². The van der Waals surface area contributed by atoms with E-state index >= 15 is 0 Å². The lowest BCUT2D eigenvalue weighted by atomic mass is 9.98. The largest absolute Gasteiger partial charge is 0.496 e. The van der Waals surface area contributed by atoms with Crippen molar-refractivity contribution in [2.45, 2.75) is 0 Å². The summed E-state index contributed by atoms with van der Waals surface area (Å²) in [4.78, 5) is 4.40. The van der Waals surface area contributed by atoms with E-state index in [-0.39, 0.29) is 5.82 Å². The molecule has 0 aliphatic carbocycles. The van der Waals surface area contributed by atoms with Gasteiger partial charge < -0.3 is 15.2 Å². The Balaban J connectivity index is 2.24. The number of benzene rings is 2. The molecule has 0 amide bonds. The van der Waals surface area contributed by atoms with Crippen molar-refractivity contribution in [2.75, 3.05) is 20.0 Å². The second-order valence-electron chi connectivity index (χ2n) is 5.48. The smallest absolute Gasteiger partial charge is 0.142 e. The van der Waals surface area contributed by atoms with Gasteiger partial charge in [-0.25, -0.2) is 4.98 Å². The molecular weight excluding hydrogens is 394 g/mol. The molecule has 0 aliphatic heterocycles. The summed E-state index contributed by atoms with van der Waals surface area (Å²) >= 11 is 3.48. The maximum Gasteiger partial charge on any atom is 0.142 e. The third-order valence-corrected chi connectivity index (χ3v) is 4.62. The number of nitrogen functional groups attached to an aromatic ring is 1. The van der Waals surface area contributed by atoms with Crippen LogP contribution in [0.1, 0.15) is 5.56 Å². The van der Waals surface area contributed by atoms with Crippen LogP contribution < -0.4 is 15.2 Å². The highest BCUT2D eigenvalue weighted by molar-refractivity contribution is 9.10. The summed E-state index contributed by atoms with van der Waals surface area (Å²) in [5.74, 6) is 1.57. The van der Waals surface area contributed by atoms with Crippen molar-refractivity contribution in [2.24, 2.45) is 0 Å². The second kappa shape index (κ2) is 7.46. The Hall–Kier alpha value is -3.04. The molecule has 0 saturated carbocycles. The molecule has 0 atom stereocenters. The van der Waals surface area contributed by atoms with Crippen molar-refractivity contribution >= 4 is 21.7 Å². The van der Waals surface area contributed by atoms with Gasteiger partial charge in [-0.05, 0) is 51.8 Å². The predicted molar refractivity (Wildman–Crippen MR) is 105 cm³/mol. The fourth-order valence-corrected chi connectivity index (χ4v) is 3.28. The number of rotatable bonds is 4. The Morgan fingerprint density at radius 1 is 1.00 bits per heavy atom. The van der Waals surface area contributed by atoms with Gasteiger partial charge in [0, 0.05) is 11.1 Å². The van der Waals surface area contributed by atoms with Crippen LogP contribution in [0.4, 0.5) is 5.82 Å². The summed E-state index contributed by atoms with van der Waals surface area (Å²) in [5, 5.41) is 9.56. The lowest BCUT2D eigenvalue weighted by molar-refractivity contribution is 0.412. The Morgan fingerprint density at radius 3 is 2.38 bits per heavy atom. The van der Waals surface area contributed by atoms with Crippen LogP contribution in [0.15, 0.2) is 53.0 Å². The topological polar surface area (TPSA) is 81.2 Å². The van der Waals surface area contributed by atoms with Crippen LogP contribution in [-0.4, -0.2) is 19.2 Å². The summed E-state index contributed by atoms with van der Waals surface area (Å²) < 4.78 is 11.5. The summed E-state index contributed by atoms with van der Waals surface area (Å²) in [5.41, 5.74) is 9.39. The van der Waals surface area contributed by atoms with E-state index < -0.39 is 0 Å². The third kappa shape index (κ3) is 3.22. The number of nitriles is 1. The summed E-state index contributed by atoms with van der Waals surface area (Å²) in [6.45, 7) is 0. The quantitative estimate of drug-likeness (QED) is 0.677. The molecule has 0 aliphatic rings. The minimum absolute atomic E-state index is 0.179. The van der Waals surface area contributed by atoms with Crippen LogP contribution >= 0.6 is 15.9 Å². The Bertz CT molecular complexity index is 1010. The monoisotopic (exact) mass is 409 g/mol. The van der Waals surface area contributed by atoms with Gasteiger partial charge in [0.1, 0.15) is 28.9 Å². The normalized spacial score (nSPS) is 10.2. The molecule has 0 unspecified atom stereocenters. The maximum atomic E-state index is 9.56. The van der Waals surface area contributed by atoms with Crippen LogP contribution in [0.2, 0.25) is 0 Å². The maximum absolute atomic E-state index is 9.56. The van der Waals surface area contributed by atoms with E-state index in [0.29, 0.717) is 28.3 Å². The highest BCUT2D eigenvalue weighted by Crippen LogP contribution is 2.37. The molecule has 0 fully saturated rings. The first-order chi connectivity index (χ1) is 12.6. The van der Waals surface area contributed by atoms with E-state index in [9.17, 15) is 5.26 Å². The minimum Gasteiger partial charge on any atom is -0.496 e. The van der Waals surface area contributed by atoms with Crippen LogP contribution in [0.5, 0.6) is 11.5 Å². The SMILES string of the molecule is COc1ccc(-c2cc(-c3ccccc3OC)nc(N)c2C#N)cc1Br. The molecular formula is C20H16BrN3O2. The van der Waals surface area contributed by atoms with Crippen LogP contribution in [-0.2, 0) is 0 Å². The van der Waals surface area contributed by atoms with E-state index in [0.717, 1.165) is 15.6 Å². The van der Waals surface area contributed by atoms with Crippen LogP contribution in [0.25, 0.3) is 22.4 Å². The first-order valence-electron chi connectivity index (χ1n) is 7.77. The zero-order chi connectivity index (χ0) is 18.7. The number of nitrogens with two attached hydrogens (primary N) is 1. The number of ether oxygens (including phenoxy) is 2. The highest BCUT2D eigenvalue weighted by atomic mass is 79.9. The molecule has 3 aromatic rings. The Morgan fingerprint density at radius 2 is 1.73 bits per heavy atom. The van der Waals surface area contributed by atoms with E-state index in [2.05, 4.69) is 27.0 Å². The number of methoxy groups -OCH3 is 2. The molecule has 6 heteroatoms. The van der Waals surface area contributed by atoms with Gasteiger partial charge in [0.2, 0.25) is 0 Å². The first kappa shape index (κ1) is 17.8. The second-order valence-corrected chi connectivity index (χ2v) is 6.33. The van der Waals surface area contributed by atoms with Gasteiger partial charge in [-0.3, -0.25) is 0 Å². The highest BCUT2D eigenvalue weighted by Gasteiger charge is 2.16. The fraction of sp³-hybridized carbons (Fsp3) is 0.100. The lowest BCUT2D eigenvalue weighted by Crippen LogP contribution is -2.00. The fourth-order valence-electron chi connectivity index (χ4n) is 2.74. The summed E-state index contributed by atoms with van der Waals surface area (Å²) in [6.07, 6.45) is 0. The van der Waals surface area contributed by atoms with Gasteiger partial charge in [0.15, 0.2) is 0 Å². The third-order valence-electron chi connectivity index (χ3n) is 4.00. The molecule has 2 aromatic carbocycles. The van der Waals surface area contributed by atoms with Gasteiger partial charge in [-0.2, -0.15) is 5.26 Å². The summed E-state index contributed by atoms with van der Waals surface area (Å²) in [7, 11) is 3.21. The molecule has 1 heterocycles. The number of hydrogen-bond acceptors (Lipinski definition) is 5. The molecule has 5 nitrogen and oxygen atoms in total. The van der Waals surface area contributed by atoms with E-state index in [4.69, 9.17) is 15.2 Å². The summed E-state index contributed by atoms with van der Waals surface area (Å²) in [6, 6.07) is 17.1. The number of pyridine rings is 1. The van der Waals surface area contributed by atoms with Gasteiger partial charge >= 0.3 is 0 Å². The van der Waals surface area contributed by atoms with Gasteiger partial charge in [-0.1, -0.05) is 18.2 Å². The number of para-hydroxylation sites is 1. The molecule has 0 saturated heterocycles. The standard InChI is InChI=1S/C20H16BrN3O2/c1-25-18-6-4-3-5-13(18)17-10-14(15(11-22)20(23)24-17)12-7-8-19(26-2)16(21)9-12/h3-10H,1-2H3,(H2,23,24). The zero-order valence-corrected chi connectivity index (χ0v) is 15.9. The molecule has 2 N–H and O–H groups in total. The van der Waals surface area contributed by atoms with Crippen LogP contribution in [0, 0.1) is 11.3 Å². The zero-order valence-electron chi connectivity index (χ0n) is 14.3. The average molecular weight is 410 g/mol. The molecule has 3 rings (SSSR count). The number of aromatic nitrogens is 1. The first-order valence-corrected chi connectivity index (χ1v) is 8.56. The van der Waals surface area contributed by atoms with Gasteiger partial charge in [0.25, 0.3) is 0 Å². The minimum atomic E-state index is 0.179. The van der Waals surface area contributed by atoms with E-state index in [1.54, 1.807) is 14.2 Å². The number of hydrogen-bond donors (Lipinski definition) is 1. The van der Waals surface area contributed by atoms with Crippen molar-refractivity contribution < 1.29 is 9.47 Å². The predicted octanol–water partition coefficient (Wildman–Crippen LogP) is 4.65. The molecule has 0 bridgehead atoms. The van der Waals surface area contributed by atoms with Crippen molar-refractivity contribution in [3.8, 4) is 40.0 Å². The van der Waals surface area contributed by atoms with Crippen molar-refractivity contribution in [1.82, 2.24) is 4.98 Å². The lowest BCUT2D eigenvalue weighted by Gasteiger charge is -2.13. The average Bonchev–Trinajstić information content (AvgIpc) is 2.67. The van der Waals surface area contributed by atoms with Gasteiger partial charge in [0.05, 0.1) is 24.4 Å². The molecule has 1 aromatic heterocycles. The van der Waals surface area contributed by atoms with Gasteiger partial charge in [-0.15, -0.1) is 0 Å². The molecule has 130 valence electrons. The Labute approximate surface area is 160 Å². The Kier molecular flexibility index (Phi) is 5.10. The molecule has 0 spiro atoms. The van der Waals surface area contributed by atoms with Crippen LogP contribution in [0.3, 0.4) is 0 Å². The van der Waals surface area contributed by atoms with Crippen molar-refractivity contribution in [3.05, 3.63) is 58.6 Å². The van der Waals surface area contributed by atoms with E-state index in [1.807, 2.05) is 48.5 Å². The number of nitrogens with zero attached hydrogens (tertiary/aromatic N) is 2. The molecule has 0 radical (unpaired) electrons.